The number of para-hydroxylation sites is 1. The number of hydrogen-bond donors (Lipinski definition) is 1. The molecular formula is C13H14NO3-. The maximum absolute atomic E-state index is 11.4. The second-order valence-corrected chi connectivity index (χ2v) is 3.60. The van der Waals surface area contributed by atoms with Crippen LogP contribution in [0.2, 0.25) is 0 Å². The van der Waals surface area contributed by atoms with Crippen molar-refractivity contribution in [2.45, 2.75) is 20.3 Å². The number of rotatable bonds is 4. The number of aliphatic carboxylic acids is 1. The molecule has 0 saturated carbocycles. The number of carboxylic acids is 1. The molecule has 0 atom stereocenters. The summed E-state index contributed by atoms with van der Waals surface area (Å²) in [5, 5.41) is 12.8. The predicted octanol–water partition coefficient (Wildman–Crippen LogP) is 0.802. The van der Waals surface area contributed by atoms with Gasteiger partial charge in [0.15, 0.2) is 0 Å². The van der Waals surface area contributed by atoms with E-state index >= 15 is 0 Å². The highest BCUT2D eigenvalue weighted by Crippen LogP contribution is 2.20. The molecule has 4 heteroatoms. The molecule has 0 aliphatic carbocycles. The van der Waals surface area contributed by atoms with Gasteiger partial charge in [0.05, 0.1) is 5.97 Å². The van der Waals surface area contributed by atoms with Crippen LogP contribution in [0.4, 0.5) is 5.69 Å². The van der Waals surface area contributed by atoms with Crippen molar-refractivity contribution < 1.29 is 14.7 Å². The number of benzene rings is 1. The molecule has 0 spiro atoms. The fourth-order valence-electron chi connectivity index (χ4n) is 1.51. The van der Waals surface area contributed by atoms with Crippen molar-refractivity contribution in [1.29, 1.82) is 0 Å². The van der Waals surface area contributed by atoms with Crippen molar-refractivity contribution in [3.63, 3.8) is 0 Å². The molecule has 0 unspecified atom stereocenters. The van der Waals surface area contributed by atoms with E-state index in [-0.39, 0.29) is 0 Å². The van der Waals surface area contributed by atoms with Crippen LogP contribution in [0.15, 0.2) is 30.4 Å². The average Bonchev–Trinajstić information content (AvgIpc) is 2.29. The summed E-state index contributed by atoms with van der Waals surface area (Å²) in [6, 6.07) is 5.73. The highest BCUT2D eigenvalue weighted by molar-refractivity contribution is 6.02. The van der Waals surface area contributed by atoms with Gasteiger partial charge in [-0.15, -0.1) is 0 Å². The highest BCUT2D eigenvalue weighted by atomic mass is 16.4. The van der Waals surface area contributed by atoms with Crippen molar-refractivity contribution in [3.8, 4) is 0 Å². The van der Waals surface area contributed by atoms with Crippen LogP contribution in [-0.4, -0.2) is 11.9 Å². The lowest BCUT2D eigenvalue weighted by Gasteiger charge is -2.11. The lowest BCUT2D eigenvalue weighted by molar-refractivity contribution is -0.297. The Kier molecular flexibility index (Phi) is 4.46. The lowest BCUT2D eigenvalue weighted by atomic mass is 10.1. The van der Waals surface area contributed by atoms with Crippen molar-refractivity contribution in [1.82, 2.24) is 0 Å². The number of nitrogens with one attached hydrogen (secondary N) is 1. The SMILES string of the molecule is CCc1cccc(C)c1NC(=O)C=CC(=O)[O-]. The molecule has 1 aromatic rings. The summed E-state index contributed by atoms with van der Waals surface area (Å²) in [7, 11) is 0. The molecule has 0 heterocycles. The summed E-state index contributed by atoms with van der Waals surface area (Å²) in [5.41, 5.74) is 2.70. The van der Waals surface area contributed by atoms with Gasteiger partial charge in [-0.05, 0) is 30.5 Å². The molecule has 1 N–H and O–H groups in total. The minimum absolute atomic E-state index is 0.474. The molecular weight excluding hydrogens is 218 g/mol. The molecule has 0 fully saturated rings. The van der Waals surface area contributed by atoms with E-state index in [1.807, 2.05) is 32.0 Å². The topological polar surface area (TPSA) is 69.2 Å². The van der Waals surface area contributed by atoms with Gasteiger partial charge in [0.2, 0.25) is 5.91 Å². The first-order valence-corrected chi connectivity index (χ1v) is 5.33. The molecule has 0 aromatic heterocycles. The quantitative estimate of drug-likeness (QED) is 0.781. The van der Waals surface area contributed by atoms with Gasteiger partial charge in [-0.25, -0.2) is 0 Å². The van der Waals surface area contributed by atoms with Crippen LogP contribution in [0.25, 0.3) is 0 Å². The molecule has 0 aliphatic heterocycles. The Hall–Kier alpha value is -2.10. The maximum Gasteiger partial charge on any atom is 0.248 e. The Morgan fingerprint density at radius 2 is 2.06 bits per heavy atom. The average molecular weight is 232 g/mol. The molecule has 4 nitrogen and oxygen atoms in total. The zero-order valence-electron chi connectivity index (χ0n) is 9.82. The third kappa shape index (κ3) is 3.75. The number of aryl methyl sites for hydroxylation is 2. The summed E-state index contributed by atoms with van der Waals surface area (Å²) < 4.78 is 0. The fraction of sp³-hybridized carbons (Fsp3) is 0.231. The molecule has 1 rings (SSSR count). The van der Waals surface area contributed by atoms with Crippen LogP contribution in [0, 0.1) is 6.92 Å². The molecule has 17 heavy (non-hydrogen) atoms. The molecule has 0 saturated heterocycles. The molecule has 0 bridgehead atoms. The van der Waals surface area contributed by atoms with Crippen LogP contribution in [0.3, 0.4) is 0 Å². The van der Waals surface area contributed by atoms with Crippen molar-refractivity contribution in [2.24, 2.45) is 0 Å². The van der Waals surface area contributed by atoms with Gasteiger partial charge in [-0.1, -0.05) is 25.1 Å². The third-order valence-electron chi connectivity index (χ3n) is 2.36. The monoisotopic (exact) mass is 232 g/mol. The first-order chi connectivity index (χ1) is 8.04. The number of carbonyl (C=O) groups is 2. The Balaban J connectivity index is 2.88. The standard InChI is InChI=1S/C13H15NO3/c1-3-10-6-4-5-9(2)13(10)14-11(15)7-8-12(16)17/h4-8H,3H2,1-2H3,(H,14,15)(H,16,17)/p-1. The van der Waals surface area contributed by atoms with Gasteiger partial charge in [-0.3, -0.25) is 4.79 Å². The summed E-state index contributed by atoms with van der Waals surface area (Å²) >= 11 is 0. The lowest BCUT2D eigenvalue weighted by Crippen LogP contribution is -2.20. The summed E-state index contributed by atoms with van der Waals surface area (Å²) in [4.78, 5) is 21.6. The van der Waals surface area contributed by atoms with Gasteiger partial charge in [-0.2, -0.15) is 0 Å². The van der Waals surface area contributed by atoms with E-state index in [2.05, 4.69) is 5.32 Å². The summed E-state index contributed by atoms with van der Waals surface area (Å²) in [6.07, 6.45) is 2.45. The van der Waals surface area contributed by atoms with E-state index in [0.717, 1.165) is 29.3 Å². The van der Waals surface area contributed by atoms with E-state index in [4.69, 9.17) is 0 Å². The van der Waals surface area contributed by atoms with E-state index in [1.54, 1.807) is 0 Å². The normalized spacial score (nSPS) is 10.5. The summed E-state index contributed by atoms with van der Waals surface area (Å²) in [5.74, 6) is -1.86. The van der Waals surface area contributed by atoms with Gasteiger partial charge < -0.3 is 15.2 Å². The smallest absolute Gasteiger partial charge is 0.248 e. The number of anilines is 1. The predicted molar refractivity (Wildman–Crippen MR) is 63.3 cm³/mol. The van der Waals surface area contributed by atoms with E-state index in [9.17, 15) is 14.7 Å². The number of amides is 1. The van der Waals surface area contributed by atoms with Crippen molar-refractivity contribution in [3.05, 3.63) is 41.5 Å². The van der Waals surface area contributed by atoms with Crippen molar-refractivity contribution >= 4 is 17.6 Å². The largest absolute Gasteiger partial charge is 0.545 e. The maximum atomic E-state index is 11.4. The Labute approximate surface area is 100.0 Å². The second-order valence-electron chi connectivity index (χ2n) is 3.60. The molecule has 1 amide bonds. The zero-order valence-corrected chi connectivity index (χ0v) is 9.82. The van der Waals surface area contributed by atoms with E-state index < -0.39 is 11.9 Å². The second kappa shape index (κ2) is 5.84. The minimum Gasteiger partial charge on any atom is -0.545 e. The molecule has 1 aromatic carbocycles. The molecule has 0 aliphatic rings. The van der Waals surface area contributed by atoms with Gasteiger partial charge in [0, 0.05) is 11.8 Å². The highest BCUT2D eigenvalue weighted by Gasteiger charge is 2.05. The minimum atomic E-state index is -1.39. The first kappa shape index (κ1) is 13.0. The first-order valence-electron chi connectivity index (χ1n) is 5.33. The van der Waals surface area contributed by atoms with Crippen LogP contribution in [0.5, 0.6) is 0 Å². The Bertz CT molecular complexity index is 464. The van der Waals surface area contributed by atoms with Crippen LogP contribution in [-0.2, 0) is 16.0 Å². The number of hydrogen-bond acceptors (Lipinski definition) is 3. The van der Waals surface area contributed by atoms with Gasteiger partial charge in [0.1, 0.15) is 0 Å². The van der Waals surface area contributed by atoms with Gasteiger partial charge in [0.25, 0.3) is 0 Å². The molecule has 90 valence electrons. The van der Waals surface area contributed by atoms with Crippen LogP contribution >= 0.6 is 0 Å². The van der Waals surface area contributed by atoms with Gasteiger partial charge >= 0.3 is 0 Å². The fourth-order valence-corrected chi connectivity index (χ4v) is 1.51. The molecule has 0 radical (unpaired) electrons. The van der Waals surface area contributed by atoms with E-state index in [1.165, 1.54) is 0 Å². The number of carboxylic acid groups (broad SMARTS) is 1. The number of carbonyl (C=O) groups excluding carboxylic acids is 2. The summed E-state index contributed by atoms with van der Waals surface area (Å²) in [6.45, 7) is 3.87. The third-order valence-corrected chi connectivity index (χ3v) is 2.36. The van der Waals surface area contributed by atoms with Crippen molar-refractivity contribution in [2.75, 3.05) is 5.32 Å². The van der Waals surface area contributed by atoms with E-state index in [0.29, 0.717) is 6.08 Å². The van der Waals surface area contributed by atoms with Crippen LogP contribution in [0.1, 0.15) is 18.1 Å². The van der Waals surface area contributed by atoms with Crippen LogP contribution < -0.4 is 10.4 Å². The zero-order chi connectivity index (χ0) is 12.8. The Morgan fingerprint density at radius 1 is 1.35 bits per heavy atom. The Morgan fingerprint density at radius 3 is 2.65 bits per heavy atom.